The van der Waals surface area contributed by atoms with Gasteiger partial charge in [-0.15, -0.1) is 0 Å². The monoisotopic (exact) mass is 416 g/mol. The average Bonchev–Trinajstić information content (AvgIpc) is 2.54. The molecule has 1 aliphatic heterocycles. The summed E-state index contributed by atoms with van der Waals surface area (Å²) in [5, 5.41) is 0. The van der Waals surface area contributed by atoms with Gasteiger partial charge in [0.1, 0.15) is 5.82 Å². The van der Waals surface area contributed by atoms with E-state index in [1.807, 2.05) is 0 Å². The van der Waals surface area contributed by atoms with E-state index in [9.17, 15) is 22.4 Å². The van der Waals surface area contributed by atoms with Gasteiger partial charge < -0.3 is 4.90 Å². The molecule has 1 atom stereocenters. The third kappa shape index (κ3) is 3.40. The Balaban J connectivity index is 1.97. The molecule has 1 amide bonds. The van der Waals surface area contributed by atoms with Gasteiger partial charge in [0.2, 0.25) is 0 Å². The third-order valence-corrected chi connectivity index (χ3v) is 4.69. The molecule has 3 nitrogen and oxygen atoms in total. The minimum absolute atomic E-state index is 0.158. The van der Waals surface area contributed by atoms with Crippen molar-refractivity contribution in [1.82, 2.24) is 9.88 Å². The number of nitrogens with zero attached hydrogens (tertiary/aromatic N) is 2. The van der Waals surface area contributed by atoms with Crippen molar-refractivity contribution in [3.05, 3.63) is 63.1 Å². The van der Waals surface area contributed by atoms with Crippen LogP contribution < -0.4 is 0 Å². The third-order valence-electron chi connectivity index (χ3n) is 4.26. The van der Waals surface area contributed by atoms with Crippen molar-refractivity contribution < 1.29 is 22.4 Å². The number of hydrogen-bond donors (Lipinski definition) is 0. The molecular formula is C17H13BrF4N2O. The van der Waals surface area contributed by atoms with E-state index in [-0.39, 0.29) is 18.0 Å². The molecule has 2 heterocycles. The summed E-state index contributed by atoms with van der Waals surface area (Å²) in [7, 11) is 0. The van der Waals surface area contributed by atoms with Crippen LogP contribution in [0.5, 0.6) is 0 Å². The van der Waals surface area contributed by atoms with Gasteiger partial charge in [-0.3, -0.25) is 9.78 Å². The molecule has 0 saturated heterocycles. The van der Waals surface area contributed by atoms with Crippen LogP contribution in [0.4, 0.5) is 17.6 Å². The summed E-state index contributed by atoms with van der Waals surface area (Å²) in [5.41, 5.74) is -0.0966. The summed E-state index contributed by atoms with van der Waals surface area (Å²) >= 11 is 3.24. The first kappa shape index (κ1) is 17.8. The number of amides is 1. The van der Waals surface area contributed by atoms with Crippen molar-refractivity contribution in [2.45, 2.75) is 25.6 Å². The molecule has 0 bridgehead atoms. The lowest BCUT2D eigenvalue weighted by Crippen LogP contribution is -2.40. The zero-order chi connectivity index (χ0) is 18.4. The van der Waals surface area contributed by atoms with E-state index in [0.29, 0.717) is 28.2 Å². The van der Waals surface area contributed by atoms with Gasteiger partial charge in [-0.25, -0.2) is 4.39 Å². The van der Waals surface area contributed by atoms with E-state index in [0.717, 1.165) is 12.1 Å². The molecule has 132 valence electrons. The molecule has 0 spiro atoms. The number of halogens is 5. The molecule has 8 heteroatoms. The maximum atomic E-state index is 14.1. The van der Waals surface area contributed by atoms with E-state index < -0.39 is 23.6 Å². The second-order valence-electron chi connectivity index (χ2n) is 5.81. The molecule has 2 aromatic rings. The lowest BCUT2D eigenvalue weighted by molar-refractivity contribution is -0.137. The van der Waals surface area contributed by atoms with Crippen molar-refractivity contribution in [1.29, 1.82) is 0 Å². The molecule has 0 aliphatic carbocycles. The van der Waals surface area contributed by atoms with Gasteiger partial charge in [-0.2, -0.15) is 13.2 Å². The highest BCUT2D eigenvalue weighted by Gasteiger charge is 2.34. The van der Waals surface area contributed by atoms with E-state index >= 15 is 0 Å². The molecule has 3 rings (SSSR count). The van der Waals surface area contributed by atoms with Gasteiger partial charge in [0.15, 0.2) is 0 Å². The maximum absolute atomic E-state index is 14.1. The standard InChI is InChI=1S/C17H13BrF4N2O/c1-9(12-6-10(17(20,21)22)2-3-14(12)19)24-5-4-15-13(16(24)25)7-11(18)8-23-15/h2-3,6-9H,4-5H2,1H3. The van der Waals surface area contributed by atoms with Crippen LogP contribution >= 0.6 is 15.9 Å². The molecule has 0 fully saturated rings. The minimum atomic E-state index is -4.57. The minimum Gasteiger partial charge on any atom is -0.331 e. The maximum Gasteiger partial charge on any atom is 0.416 e. The number of fused-ring (bicyclic) bond motifs is 1. The molecule has 0 N–H and O–H groups in total. The van der Waals surface area contributed by atoms with Gasteiger partial charge in [0.25, 0.3) is 5.91 Å². The first-order valence-corrected chi connectivity index (χ1v) is 8.30. The molecule has 25 heavy (non-hydrogen) atoms. The highest BCUT2D eigenvalue weighted by Crippen LogP contribution is 2.34. The number of hydrogen-bond acceptors (Lipinski definition) is 2. The van der Waals surface area contributed by atoms with Crippen LogP contribution in [0.1, 0.15) is 40.1 Å². The molecule has 0 radical (unpaired) electrons. The first-order chi connectivity index (χ1) is 11.7. The van der Waals surface area contributed by atoms with Crippen molar-refractivity contribution in [2.24, 2.45) is 0 Å². The molecule has 1 unspecified atom stereocenters. The fraction of sp³-hybridized carbons (Fsp3) is 0.294. The number of carbonyl (C=O) groups excluding carboxylic acids is 1. The second-order valence-corrected chi connectivity index (χ2v) is 6.72. The number of carbonyl (C=O) groups is 1. The predicted molar refractivity (Wildman–Crippen MR) is 86.5 cm³/mol. The quantitative estimate of drug-likeness (QED) is 0.661. The summed E-state index contributed by atoms with van der Waals surface area (Å²) in [4.78, 5) is 18.2. The zero-order valence-corrected chi connectivity index (χ0v) is 14.7. The summed E-state index contributed by atoms with van der Waals surface area (Å²) in [6.07, 6.45) is -2.54. The molecular weight excluding hydrogens is 404 g/mol. The van der Waals surface area contributed by atoms with Crippen LogP contribution in [0.2, 0.25) is 0 Å². The Hall–Kier alpha value is -1.96. The highest BCUT2D eigenvalue weighted by atomic mass is 79.9. The fourth-order valence-corrected chi connectivity index (χ4v) is 3.24. The van der Waals surface area contributed by atoms with E-state index in [2.05, 4.69) is 20.9 Å². The van der Waals surface area contributed by atoms with Crippen molar-refractivity contribution in [3.8, 4) is 0 Å². The Labute approximate surface area is 149 Å². The Morgan fingerprint density at radius 3 is 2.68 bits per heavy atom. The van der Waals surface area contributed by atoms with Crippen LogP contribution in [0.3, 0.4) is 0 Å². The molecule has 1 aromatic carbocycles. The molecule has 1 aromatic heterocycles. The summed E-state index contributed by atoms with van der Waals surface area (Å²) in [5.74, 6) is -1.15. The van der Waals surface area contributed by atoms with Gasteiger partial charge in [-0.05, 0) is 47.1 Å². The number of aromatic nitrogens is 1. The number of rotatable bonds is 2. The van der Waals surface area contributed by atoms with Crippen molar-refractivity contribution in [2.75, 3.05) is 6.54 Å². The number of pyridine rings is 1. The summed E-state index contributed by atoms with van der Waals surface area (Å²) in [6.45, 7) is 1.78. The average molecular weight is 417 g/mol. The highest BCUT2D eigenvalue weighted by molar-refractivity contribution is 9.10. The Bertz CT molecular complexity index is 838. The topological polar surface area (TPSA) is 33.2 Å². The molecule has 1 aliphatic rings. The smallest absolute Gasteiger partial charge is 0.331 e. The number of benzene rings is 1. The van der Waals surface area contributed by atoms with Crippen LogP contribution in [0.25, 0.3) is 0 Å². The van der Waals surface area contributed by atoms with Gasteiger partial charge in [-0.1, -0.05) is 0 Å². The van der Waals surface area contributed by atoms with Crippen molar-refractivity contribution in [3.63, 3.8) is 0 Å². The predicted octanol–water partition coefficient (Wildman–Crippen LogP) is 4.76. The Morgan fingerprint density at radius 1 is 1.28 bits per heavy atom. The Morgan fingerprint density at radius 2 is 2.00 bits per heavy atom. The fourth-order valence-electron chi connectivity index (χ4n) is 2.91. The first-order valence-electron chi connectivity index (χ1n) is 7.50. The largest absolute Gasteiger partial charge is 0.416 e. The lowest BCUT2D eigenvalue weighted by atomic mass is 9.98. The van der Waals surface area contributed by atoms with Gasteiger partial charge in [0.05, 0.1) is 22.9 Å². The van der Waals surface area contributed by atoms with Crippen LogP contribution in [-0.4, -0.2) is 22.3 Å². The normalized spacial score (nSPS) is 15.9. The number of alkyl halides is 3. The summed E-state index contributed by atoms with van der Waals surface area (Å²) in [6, 6.07) is 3.03. The lowest BCUT2D eigenvalue weighted by Gasteiger charge is -2.33. The summed E-state index contributed by atoms with van der Waals surface area (Å²) < 4.78 is 53.5. The molecule has 0 saturated carbocycles. The SMILES string of the molecule is CC(c1cc(C(F)(F)F)ccc1F)N1CCc2ncc(Br)cc2C1=O. The van der Waals surface area contributed by atoms with Crippen LogP contribution in [-0.2, 0) is 12.6 Å². The Kier molecular flexibility index (Phi) is 4.57. The van der Waals surface area contributed by atoms with E-state index in [4.69, 9.17) is 0 Å². The van der Waals surface area contributed by atoms with Crippen molar-refractivity contribution >= 4 is 21.8 Å². The van der Waals surface area contributed by atoms with Gasteiger partial charge in [0, 0.05) is 29.2 Å². The van der Waals surface area contributed by atoms with E-state index in [1.54, 1.807) is 12.3 Å². The second kappa shape index (κ2) is 6.40. The zero-order valence-electron chi connectivity index (χ0n) is 13.1. The van der Waals surface area contributed by atoms with Crippen LogP contribution in [0.15, 0.2) is 34.9 Å². The van der Waals surface area contributed by atoms with Crippen LogP contribution in [0, 0.1) is 5.82 Å². The van der Waals surface area contributed by atoms with Gasteiger partial charge >= 0.3 is 6.18 Å². The van der Waals surface area contributed by atoms with E-state index in [1.165, 1.54) is 11.8 Å².